The molecule has 4 aliphatic carbocycles. The summed E-state index contributed by atoms with van der Waals surface area (Å²) in [5.41, 5.74) is -17.9. The minimum absolute atomic E-state index is 0.209. The number of hydrogen-bond acceptors (Lipinski definition) is 19. The predicted molar refractivity (Wildman–Crippen MR) is 202 cm³/mol. The Labute approximate surface area is 356 Å². The summed E-state index contributed by atoms with van der Waals surface area (Å²) in [7, 11) is 1.16. The average molecular weight is 875 g/mol. The standard InChI is InChI=1S/C43H54O19/c1-18(2)26(48)25-27-37(9,28(58-31(25)49)22-13-14-54-16-22)29(55-19(3)44)30(56-20(4)45)43-38(10)23(15-24(47)53-12)36(8)17-40(38)41(52,32(36)59-34(50)35(6,7)51)33(57-21(5)46)42(27,43)61-39(11,60-40)62-43/h13-14,16,18,23,27-30,32-33,48,51-52H,15,17H2,1-12H3/b26-25-/t23-,27+,28-,29?,30?,32-,33+,36+,37+,38+,39+,40+,41-,42+,43-/m0/s1. The van der Waals surface area contributed by atoms with Crippen LogP contribution in [0.15, 0.2) is 34.3 Å². The molecule has 3 N–H and O–H groups in total. The summed E-state index contributed by atoms with van der Waals surface area (Å²) in [6.45, 7) is 14.9. The number of aliphatic hydroxyl groups excluding tert-OH is 1. The molecule has 0 radical (unpaired) electrons. The zero-order chi connectivity index (χ0) is 45.9. The highest BCUT2D eigenvalue weighted by molar-refractivity contribution is 5.92. The highest BCUT2D eigenvalue weighted by atomic mass is 16.9. The highest BCUT2D eigenvalue weighted by Gasteiger charge is 3.07. The molecule has 1 aromatic heterocycles. The minimum Gasteiger partial charge on any atom is -0.511 e. The molecule has 7 aliphatic rings. The first-order chi connectivity index (χ1) is 28.6. The van der Waals surface area contributed by atoms with E-state index in [2.05, 4.69) is 0 Å². The largest absolute Gasteiger partial charge is 0.511 e. The Morgan fingerprint density at radius 3 is 2.05 bits per heavy atom. The van der Waals surface area contributed by atoms with Gasteiger partial charge in [-0.1, -0.05) is 34.6 Å². The second-order valence-electron chi connectivity index (χ2n) is 19.6. The van der Waals surface area contributed by atoms with Crippen molar-refractivity contribution < 1.29 is 91.1 Å². The fourth-order valence-electron chi connectivity index (χ4n) is 13.7. The Kier molecular flexibility index (Phi) is 9.25. The van der Waals surface area contributed by atoms with Gasteiger partial charge in [-0.25, -0.2) is 9.59 Å². The summed E-state index contributed by atoms with van der Waals surface area (Å²) in [5, 5.41) is 37.6. The second kappa shape index (κ2) is 13.0. The van der Waals surface area contributed by atoms with Crippen molar-refractivity contribution in [1.29, 1.82) is 0 Å². The van der Waals surface area contributed by atoms with Crippen LogP contribution in [0.25, 0.3) is 0 Å². The number of aliphatic hydroxyl groups is 3. The molecule has 8 rings (SSSR count). The lowest BCUT2D eigenvalue weighted by Crippen LogP contribution is -2.97. The number of hydrogen-bond donors (Lipinski definition) is 3. The van der Waals surface area contributed by atoms with Gasteiger partial charge < -0.3 is 62.4 Å². The van der Waals surface area contributed by atoms with Crippen LogP contribution in [0.4, 0.5) is 0 Å². The van der Waals surface area contributed by atoms with Gasteiger partial charge in [0.2, 0.25) is 0 Å². The quantitative estimate of drug-likeness (QED) is 0.139. The van der Waals surface area contributed by atoms with Crippen LogP contribution in [-0.4, -0.2) is 117 Å². The van der Waals surface area contributed by atoms with E-state index in [1.807, 2.05) is 0 Å². The molecule has 4 heterocycles. The molecular formula is C43H54O19. The number of furan rings is 1. The lowest BCUT2D eigenvalue weighted by atomic mass is 9.32. The zero-order valence-corrected chi connectivity index (χ0v) is 36.6. The molecule has 0 amide bonds. The lowest BCUT2D eigenvalue weighted by Gasteiger charge is -2.78. The van der Waals surface area contributed by atoms with Crippen molar-refractivity contribution in [2.45, 2.75) is 154 Å². The van der Waals surface area contributed by atoms with Crippen molar-refractivity contribution >= 4 is 35.8 Å². The Balaban J connectivity index is 1.62. The van der Waals surface area contributed by atoms with E-state index in [0.717, 1.165) is 27.9 Å². The number of methoxy groups -OCH3 is 1. The van der Waals surface area contributed by atoms with Gasteiger partial charge in [0, 0.05) is 62.3 Å². The molecule has 4 bridgehead atoms. The molecule has 62 heavy (non-hydrogen) atoms. The van der Waals surface area contributed by atoms with Gasteiger partial charge in [-0.2, -0.15) is 0 Å². The Hall–Kier alpha value is -4.56. The fraction of sp³-hybridized carbons (Fsp3) is 0.721. The monoisotopic (exact) mass is 874 g/mol. The number of fused-ring (bicyclic) bond motifs is 3. The van der Waals surface area contributed by atoms with Gasteiger partial charge >= 0.3 is 35.8 Å². The van der Waals surface area contributed by atoms with Crippen molar-refractivity contribution in [3.05, 3.63) is 35.5 Å². The number of ether oxygens (including phenoxy) is 9. The molecular weight excluding hydrogens is 820 g/mol. The van der Waals surface area contributed by atoms with Crippen LogP contribution in [-0.2, 0) is 71.4 Å². The van der Waals surface area contributed by atoms with Crippen LogP contribution in [0, 0.1) is 34.0 Å². The van der Waals surface area contributed by atoms with Crippen LogP contribution in [0.1, 0.15) is 101 Å². The average Bonchev–Trinajstić information content (AvgIpc) is 3.85. The van der Waals surface area contributed by atoms with Crippen molar-refractivity contribution in [3.8, 4) is 0 Å². The third-order valence-electron chi connectivity index (χ3n) is 15.3. The van der Waals surface area contributed by atoms with Crippen molar-refractivity contribution in [3.63, 3.8) is 0 Å². The molecule has 1 aromatic rings. The molecule has 19 heteroatoms. The first-order valence-electron chi connectivity index (χ1n) is 20.6. The van der Waals surface area contributed by atoms with E-state index in [9.17, 15) is 44.1 Å². The van der Waals surface area contributed by atoms with Crippen LogP contribution in [0.2, 0.25) is 0 Å². The summed E-state index contributed by atoms with van der Waals surface area (Å²) in [5.74, 6) is -12.6. The van der Waals surface area contributed by atoms with Gasteiger partial charge in [-0.3, -0.25) is 19.2 Å². The summed E-state index contributed by atoms with van der Waals surface area (Å²) in [6.07, 6.45) is -7.27. The van der Waals surface area contributed by atoms with Crippen LogP contribution in [0.5, 0.6) is 0 Å². The summed E-state index contributed by atoms with van der Waals surface area (Å²) >= 11 is 0. The minimum atomic E-state index is -2.76. The zero-order valence-electron chi connectivity index (χ0n) is 36.6. The van der Waals surface area contributed by atoms with Crippen LogP contribution >= 0.6 is 0 Å². The van der Waals surface area contributed by atoms with Gasteiger partial charge in [0.25, 0.3) is 5.97 Å². The number of esters is 6. The maximum absolute atomic E-state index is 15.0. The molecule has 3 saturated heterocycles. The van der Waals surface area contributed by atoms with E-state index in [0.29, 0.717) is 0 Å². The van der Waals surface area contributed by atoms with Crippen molar-refractivity contribution in [2.24, 2.45) is 34.0 Å². The molecule has 2 spiro atoms. The topological polar surface area (TPSA) is 259 Å². The second-order valence-corrected chi connectivity index (χ2v) is 19.6. The van der Waals surface area contributed by atoms with Crippen LogP contribution in [0.3, 0.4) is 0 Å². The summed E-state index contributed by atoms with van der Waals surface area (Å²) in [6, 6.07) is 1.48. The predicted octanol–water partition coefficient (Wildman–Crippen LogP) is 2.78. The third-order valence-corrected chi connectivity index (χ3v) is 15.3. The van der Waals surface area contributed by atoms with Gasteiger partial charge in [-0.05, 0) is 32.3 Å². The number of carbonyl (C=O) groups is 6. The van der Waals surface area contributed by atoms with Crippen LogP contribution < -0.4 is 0 Å². The Morgan fingerprint density at radius 2 is 1.52 bits per heavy atom. The Bertz CT molecular complexity index is 2190. The SMILES string of the molecule is COC(=O)C[C@H]1[C@@]2(C)C[C@@]34O[C@]5(C)O[C@]6([C@@H]7/C(=C(/O)C(C)C)C(=O)O[C@@H](c8ccoc8)[C@]7(C)C(OC(C)=O)C(OC(C)=O)[C@]6(O5)[C@]13C)[C@H](OC(C)=O)[C@@]4(O)[C@H]2OC(=O)C(C)(C)O. The molecule has 2 unspecified atom stereocenters. The van der Waals surface area contributed by atoms with Gasteiger partial charge in [0.1, 0.15) is 23.6 Å². The lowest BCUT2D eigenvalue weighted by molar-refractivity contribution is -0.490. The van der Waals surface area contributed by atoms with E-state index >= 15 is 0 Å². The smallest absolute Gasteiger partial charge is 0.338 e. The van der Waals surface area contributed by atoms with Crippen molar-refractivity contribution in [2.75, 3.05) is 7.11 Å². The first-order valence-corrected chi connectivity index (χ1v) is 20.6. The molecule has 15 atom stereocenters. The number of allylic oxidation sites excluding steroid dienone is 1. The number of rotatable bonds is 9. The van der Waals surface area contributed by atoms with Crippen molar-refractivity contribution in [1.82, 2.24) is 0 Å². The molecule has 0 aromatic carbocycles. The maximum atomic E-state index is 15.0. The maximum Gasteiger partial charge on any atom is 0.338 e. The van der Waals surface area contributed by atoms with E-state index in [4.69, 9.17) is 47.0 Å². The van der Waals surface area contributed by atoms with E-state index in [1.165, 1.54) is 46.3 Å². The molecule has 3 aliphatic heterocycles. The van der Waals surface area contributed by atoms with E-state index < -0.39 is 152 Å². The third kappa shape index (κ3) is 4.83. The molecule has 7 fully saturated rings. The fourth-order valence-corrected chi connectivity index (χ4v) is 13.7. The summed E-state index contributed by atoms with van der Waals surface area (Å²) < 4.78 is 63.7. The van der Waals surface area contributed by atoms with Gasteiger partial charge in [0.05, 0.1) is 30.6 Å². The van der Waals surface area contributed by atoms with E-state index in [1.54, 1.807) is 27.7 Å². The van der Waals surface area contributed by atoms with E-state index in [-0.39, 0.29) is 12.0 Å². The van der Waals surface area contributed by atoms with Gasteiger partial charge in [0.15, 0.2) is 40.7 Å². The Morgan fingerprint density at radius 1 is 0.903 bits per heavy atom. The number of cyclic esters (lactones) is 1. The first kappa shape index (κ1) is 44.1. The number of carbonyl (C=O) groups excluding carboxylic acids is 6. The van der Waals surface area contributed by atoms with Gasteiger partial charge in [-0.15, -0.1) is 0 Å². The molecule has 19 nitrogen and oxygen atoms in total. The molecule has 4 saturated carbocycles. The normalized spacial score (nSPS) is 46.3. The summed E-state index contributed by atoms with van der Waals surface area (Å²) in [4.78, 5) is 83.9. The highest BCUT2D eigenvalue weighted by Crippen LogP contribution is 2.90. The molecule has 340 valence electrons.